The molecule has 0 fully saturated rings. The second kappa shape index (κ2) is 13.1. The lowest BCUT2D eigenvalue weighted by molar-refractivity contribution is -0.124. The van der Waals surface area contributed by atoms with E-state index in [1.54, 1.807) is 6.07 Å². The summed E-state index contributed by atoms with van der Waals surface area (Å²) in [6.07, 6.45) is 1.26. The predicted octanol–water partition coefficient (Wildman–Crippen LogP) is 0.363. The molecule has 1 aliphatic rings. The number of primary amides is 1. The first-order valence-corrected chi connectivity index (χ1v) is 14.4. The molecule has 40 heavy (non-hydrogen) atoms. The molecule has 0 bridgehead atoms. The van der Waals surface area contributed by atoms with Crippen molar-refractivity contribution in [3.8, 4) is 5.75 Å². The fourth-order valence-corrected chi connectivity index (χ4v) is 4.86. The Morgan fingerprint density at radius 2 is 1.82 bits per heavy atom. The molecule has 2 aromatic rings. The molecule has 8 N–H and O–H groups in total. The van der Waals surface area contributed by atoms with Crippen molar-refractivity contribution in [1.29, 1.82) is 0 Å². The van der Waals surface area contributed by atoms with Crippen molar-refractivity contribution in [2.24, 2.45) is 22.2 Å². The number of nitrogens with zero attached hydrogens (tertiary/aromatic N) is 1. The summed E-state index contributed by atoms with van der Waals surface area (Å²) >= 11 is 0. The number of nitrogens with one attached hydrogen (secondary N) is 2. The van der Waals surface area contributed by atoms with Gasteiger partial charge in [-0.15, -0.1) is 0 Å². The highest BCUT2D eigenvalue weighted by Crippen LogP contribution is 2.26. The molecule has 3 amide bonds. The van der Waals surface area contributed by atoms with Crippen LogP contribution in [0.4, 0.5) is 5.69 Å². The van der Waals surface area contributed by atoms with Crippen molar-refractivity contribution >= 4 is 45.0 Å². The van der Waals surface area contributed by atoms with Gasteiger partial charge in [-0.2, -0.15) is 0 Å². The Morgan fingerprint density at radius 1 is 1.07 bits per heavy atom. The number of guanidine groups is 1. The van der Waals surface area contributed by atoms with Crippen LogP contribution in [-0.4, -0.2) is 56.7 Å². The largest absolute Gasteiger partial charge is 0.488 e. The van der Waals surface area contributed by atoms with E-state index in [1.807, 2.05) is 0 Å². The van der Waals surface area contributed by atoms with Gasteiger partial charge in [0.15, 0.2) is 21.6 Å². The van der Waals surface area contributed by atoms with Crippen molar-refractivity contribution in [1.82, 2.24) is 5.32 Å². The van der Waals surface area contributed by atoms with Gasteiger partial charge in [-0.25, -0.2) is 8.42 Å². The predicted molar refractivity (Wildman–Crippen MR) is 148 cm³/mol. The SMILES string of the molecule is CS(=O)(=O)Cc1ccc2c(c1)C(=O)N[C@@H](CCCN=C(N)N)C(=O)CCC(=O)Nc1cc(C(N)=O)ccc1CO2. The molecule has 0 aromatic heterocycles. The molecular formula is C26H32N6O7S. The van der Waals surface area contributed by atoms with Crippen LogP contribution in [0.2, 0.25) is 0 Å². The Hall–Kier alpha value is -4.46. The summed E-state index contributed by atoms with van der Waals surface area (Å²) in [6.45, 7) is 0.112. The Labute approximate surface area is 231 Å². The summed E-state index contributed by atoms with van der Waals surface area (Å²) in [5, 5.41) is 5.40. The van der Waals surface area contributed by atoms with Crippen LogP contribution in [0.25, 0.3) is 0 Å². The molecule has 13 nitrogen and oxygen atoms in total. The molecule has 1 heterocycles. The van der Waals surface area contributed by atoms with Crippen LogP contribution in [0.15, 0.2) is 41.4 Å². The van der Waals surface area contributed by atoms with E-state index in [9.17, 15) is 27.6 Å². The van der Waals surface area contributed by atoms with Crippen LogP contribution in [0.5, 0.6) is 5.75 Å². The summed E-state index contributed by atoms with van der Waals surface area (Å²) in [5.41, 5.74) is 17.4. The van der Waals surface area contributed by atoms with Gasteiger partial charge in [-0.1, -0.05) is 12.1 Å². The van der Waals surface area contributed by atoms with E-state index in [1.165, 1.54) is 30.3 Å². The topological polar surface area (TPSA) is 226 Å². The zero-order valence-corrected chi connectivity index (χ0v) is 22.8. The molecule has 214 valence electrons. The van der Waals surface area contributed by atoms with Crippen LogP contribution in [0, 0.1) is 0 Å². The third kappa shape index (κ3) is 8.80. The van der Waals surface area contributed by atoms with Gasteiger partial charge in [0.25, 0.3) is 5.91 Å². The minimum absolute atomic E-state index is 0.0274. The van der Waals surface area contributed by atoms with Crippen molar-refractivity contribution in [2.45, 2.75) is 44.1 Å². The highest BCUT2D eigenvalue weighted by atomic mass is 32.2. The Balaban J connectivity index is 2.02. The number of carbonyl (C=O) groups excluding carboxylic acids is 4. The Kier molecular flexibility index (Phi) is 9.82. The first kappa shape index (κ1) is 30.1. The number of anilines is 1. The van der Waals surface area contributed by atoms with E-state index in [0.717, 1.165) is 6.26 Å². The average molecular weight is 573 g/mol. The number of ketones is 1. The number of benzene rings is 2. The van der Waals surface area contributed by atoms with Crippen LogP contribution >= 0.6 is 0 Å². The van der Waals surface area contributed by atoms with E-state index in [2.05, 4.69) is 15.6 Å². The average Bonchev–Trinajstić information content (AvgIpc) is 2.87. The second-order valence-electron chi connectivity index (χ2n) is 9.41. The number of aliphatic imine (C=N–C) groups is 1. The third-order valence-corrected chi connectivity index (χ3v) is 6.86. The van der Waals surface area contributed by atoms with Gasteiger partial charge in [0.1, 0.15) is 12.4 Å². The molecule has 3 rings (SSSR count). The number of amides is 3. The highest BCUT2D eigenvalue weighted by Gasteiger charge is 2.25. The minimum Gasteiger partial charge on any atom is -0.488 e. The number of sulfone groups is 1. The van der Waals surface area contributed by atoms with Gasteiger partial charge in [0.05, 0.1) is 17.4 Å². The van der Waals surface area contributed by atoms with E-state index < -0.39 is 39.4 Å². The lowest BCUT2D eigenvalue weighted by Gasteiger charge is -2.21. The molecule has 0 unspecified atom stereocenters. The zero-order valence-electron chi connectivity index (χ0n) is 21.9. The molecule has 0 aliphatic carbocycles. The summed E-state index contributed by atoms with van der Waals surface area (Å²) in [5.74, 6) is -2.53. The number of Topliss-reactive ketones (excluding diaryl/α,β-unsaturated/α-hetero) is 1. The summed E-state index contributed by atoms with van der Waals surface area (Å²) < 4.78 is 29.7. The summed E-state index contributed by atoms with van der Waals surface area (Å²) in [4.78, 5) is 54.8. The molecule has 14 heteroatoms. The lowest BCUT2D eigenvalue weighted by Crippen LogP contribution is -2.41. The number of ether oxygens (including phenoxy) is 1. The quantitative estimate of drug-likeness (QED) is 0.175. The van der Waals surface area contributed by atoms with E-state index >= 15 is 0 Å². The fraction of sp³-hybridized carbons (Fsp3) is 0.346. The molecule has 1 atom stereocenters. The Bertz CT molecular complexity index is 1450. The maximum atomic E-state index is 13.4. The van der Waals surface area contributed by atoms with Crippen LogP contribution in [0.3, 0.4) is 0 Å². The lowest BCUT2D eigenvalue weighted by atomic mass is 10.0. The highest BCUT2D eigenvalue weighted by molar-refractivity contribution is 7.89. The van der Waals surface area contributed by atoms with Crippen molar-refractivity contribution < 1.29 is 32.3 Å². The fourth-order valence-electron chi connectivity index (χ4n) is 4.08. The number of rotatable bonds is 7. The normalized spacial score (nSPS) is 16.3. The first-order valence-electron chi connectivity index (χ1n) is 12.4. The van der Waals surface area contributed by atoms with Crippen LogP contribution < -0.4 is 32.6 Å². The maximum Gasteiger partial charge on any atom is 0.255 e. The number of fused-ring (bicyclic) bond motifs is 2. The van der Waals surface area contributed by atoms with Crippen LogP contribution in [0.1, 0.15) is 57.5 Å². The van der Waals surface area contributed by atoms with E-state index in [0.29, 0.717) is 17.5 Å². The number of carbonyl (C=O) groups is 4. The van der Waals surface area contributed by atoms with E-state index in [4.69, 9.17) is 21.9 Å². The first-order chi connectivity index (χ1) is 18.8. The van der Waals surface area contributed by atoms with Crippen molar-refractivity contribution in [3.05, 3.63) is 58.7 Å². The molecule has 2 aromatic carbocycles. The van der Waals surface area contributed by atoms with Gasteiger partial charge >= 0.3 is 0 Å². The standard InChI is InChI=1S/C26H32N6O7S/c1-40(37,38)14-15-4-8-22-18(11-15)25(36)32-19(3-2-10-30-26(28)29)21(33)7-9-23(34)31-20-12-16(24(27)35)5-6-17(20)13-39-22/h4-6,8,11-12,19H,2-3,7,9-10,13-14H2,1H3,(H2,27,35)(H,31,34)(H,32,36)(H4,28,29,30)/t19-/m0/s1. The molecular weight excluding hydrogens is 540 g/mol. The molecule has 0 radical (unpaired) electrons. The molecule has 0 saturated carbocycles. The summed E-state index contributed by atoms with van der Waals surface area (Å²) in [6, 6.07) is 7.84. The smallest absolute Gasteiger partial charge is 0.255 e. The van der Waals surface area contributed by atoms with E-state index in [-0.39, 0.29) is 66.7 Å². The second-order valence-corrected chi connectivity index (χ2v) is 11.6. The maximum absolute atomic E-state index is 13.4. The molecule has 1 aliphatic heterocycles. The van der Waals surface area contributed by atoms with Crippen molar-refractivity contribution in [3.63, 3.8) is 0 Å². The molecule has 0 saturated heterocycles. The van der Waals surface area contributed by atoms with Gasteiger partial charge in [-0.05, 0) is 42.7 Å². The minimum atomic E-state index is -3.41. The van der Waals surface area contributed by atoms with Crippen LogP contribution in [-0.2, 0) is 31.8 Å². The van der Waals surface area contributed by atoms with Gasteiger partial charge in [0.2, 0.25) is 11.8 Å². The number of nitrogens with two attached hydrogens (primary N) is 3. The van der Waals surface area contributed by atoms with Gasteiger partial charge in [0, 0.05) is 42.5 Å². The Morgan fingerprint density at radius 3 is 2.50 bits per heavy atom. The zero-order chi connectivity index (χ0) is 29.4. The third-order valence-electron chi connectivity index (χ3n) is 6.01. The summed E-state index contributed by atoms with van der Waals surface area (Å²) in [7, 11) is -3.41. The van der Waals surface area contributed by atoms with Crippen molar-refractivity contribution in [2.75, 3.05) is 18.1 Å². The van der Waals surface area contributed by atoms with Gasteiger partial charge in [-0.3, -0.25) is 24.2 Å². The number of hydrogen-bond donors (Lipinski definition) is 5. The van der Waals surface area contributed by atoms with Gasteiger partial charge < -0.3 is 32.6 Å². The number of hydrogen-bond acceptors (Lipinski definition) is 8. The monoisotopic (exact) mass is 572 g/mol. The molecule has 0 spiro atoms.